The molecule has 1 rings (SSSR count). The number of nitrogens with one attached hydrogen (secondary N) is 2. The fourth-order valence-corrected chi connectivity index (χ4v) is 1.65. The Kier molecular flexibility index (Phi) is 6.94. The summed E-state index contributed by atoms with van der Waals surface area (Å²) in [6, 6.07) is 6.40. The Labute approximate surface area is 123 Å². The molecular weight excluding hydrogens is 272 g/mol. The van der Waals surface area contributed by atoms with Gasteiger partial charge in [-0.25, -0.2) is 4.79 Å². The highest BCUT2D eigenvalue weighted by Gasteiger charge is 2.08. The molecule has 0 saturated heterocycles. The molecule has 1 aromatic carbocycles. The van der Waals surface area contributed by atoms with E-state index in [1.54, 1.807) is 18.2 Å². The molecule has 0 bridgehead atoms. The number of hydrogen-bond acceptors (Lipinski definition) is 4. The highest BCUT2D eigenvalue weighted by Crippen LogP contribution is 2.11. The van der Waals surface area contributed by atoms with Crippen molar-refractivity contribution in [3.05, 3.63) is 29.8 Å². The van der Waals surface area contributed by atoms with E-state index < -0.39 is 5.97 Å². The maximum absolute atomic E-state index is 11.7. The van der Waals surface area contributed by atoms with Crippen molar-refractivity contribution >= 4 is 23.5 Å². The molecule has 0 unspecified atom stereocenters. The lowest BCUT2D eigenvalue weighted by Gasteiger charge is -2.08. The predicted molar refractivity (Wildman–Crippen MR) is 78.9 cm³/mol. The molecule has 6 nitrogen and oxygen atoms in total. The first kappa shape index (κ1) is 16.7. The number of esters is 1. The van der Waals surface area contributed by atoms with Gasteiger partial charge in [0.15, 0.2) is 0 Å². The Morgan fingerprint density at radius 1 is 1.19 bits per heavy atom. The van der Waals surface area contributed by atoms with Gasteiger partial charge in [-0.05, 0) is 24.6 Å². The number of ether oxygens (including phenoxy) is 1. The molecule has 0 heterocycles. The van der Waals surface area contributed by atoms with Gasteiger partial charge in [-0.1, -0.05) is 19.4 Å². The number of rotatable bonds is 7. The van der Waals surface area contributed by atoms with Gasteiger partial charge >= 0.3 is 5.97 Å². The van der Waals surface area contributed by atoms with Crippen molar-refractivity contribution in [3.63, 3.8) is 0 Å². The van der Waals surface area contributed by atoms with E-state index in [9.17, 15) is 14.4 Å². The first-order chi connectivity index (χ1) is 10.1. The third kappa shape index (κ3) is 6.07. The van der Waals surface area contributed by atoms with Crippen LogP contribution in [0.4, 0.5) is 5.69 Å². The van der Waals surface area contributed by atoms with Crippen LogP contribution in [0.1, 0.15) is 36.5 Å². The second kappa shape index (κ2) is 8.73. The largest absolute Gasteiger partial charge is 0.465 e. The molecule has 2 N–H and O–H groups in total. The zero-order chi connectivity index (χ0) is 15.7. The van der Waals surface area contributed by atoms with E-state index in [0.717, 1.165) is 12.8 Å². The fourth-order valence-electron chi connectivity index (χ4n) is 1.65. The Morgan fingerprint density at radius 2 is 1.95 bits per heavy atom. The van der Waals surface area contributed by atoms with Crippen molar-refractivity contribution in [1.29, 1.82) is 0 Å². The van der Waals surface area contributed by atoms with Crippen LogP contribution in [-0.4, -0.2) is 31.4 Å². The monoisotopic (exact) mass is 292 g/mol. The van der Waals surface area contributed by atoms with Crippen molar-refractivity contribution in [3.8, 4) is 0 Å². The van der Waals surface area contributed by atoms with Gasteiger partial charge < -0.3 is 15.4 Å². The predicted octanol–water partition coefficient (Wildman–Crippen LogP) is 1.72. The lowest BCUT2D eigenvalue weighted by molar-refractivity contribution is -0.124. The topological polar surface area (TPSA) is 84.5 Å². The van der Waals surface area contributed by atoms with Gasteiger partial charge in [0.25, 0.3) is 0 Å². The van der Waals surface area contributed by atoms with Gasteiger partial charge in [-0.15, -0.1) is 0 Å². The van der Waals surface area contributed by atoms with Crippen LogP contribution in [0.15, 0.2) is 24.3 Å². The second-order valence-corrected chi connectivity index (χ2v) is 4.50. The SMILES string of the molecule is CCCCC(=O)NCC(=O)Nc1cccc(C(=O)OC)c1. The van der Waals surface area contributed by atoms with Crippen molar-refractivity contribution in [2.24, 2.45) is 0 Å². The molecular formula is C15H20N2O4. The van der Waals surface area contributed by atoms with E-state index in [2.05, 4.69) is 15.4 Å². The molecule has 0 aliphatic carbocycles. The smallest absolute Gasteiger partial charge is 0.337 e. The number of carbonyl (C=O) groups excluding carboxylic acids is 3. The lowest BCUT2D eigenvalue weighted by atomic mass is 10.2. The summed E-state index contributed by atoms with van der Waals surface area (Å²) < 4.78 is 4.60. The summed E-state index contributed by atoms with van der Waals surface area (Å²) >= 11 is 0. The Balaban J connectivity index is 2.48. The summed E-state index contributed by atoms with van der Waals surface area (Å²) in [7, 11) is 1.29. The van der Waals surface area contributed by atoms with E-state index in [0.29, 0.717) is 17.7 Å². The summed E-state index contributed by atoms with van der Waals surface area (Å²) in [6.07, 6.45) is 2.15. The number of carbonyl (C=O) groups is 3. The number of benzene rings is 1. The molecule has 0 fully saturated rings. The normalized spacial score (nSPS) is 9.81. The van der Waals surface area contributed by atoms with Crippen LogP contribution >= 0.6 is 0 Å². The Hall–Kier alpha value is -2.37. The molecule has 2 amide bonds. The highest BCUT2D eigenvalue weighted by atomic mass is 16.5. The molecule has 0 atom stereocenters. The van der Waals surface area contributed by atoms with Gasteiger partial charge in [-0.2, -0.15) is 0 Å². The number of anilines is 1. The third-order valence-electron chi connectivity index (χ3n) is 2.77. The van der Waals surface area contributed by atoms with Crippen LogP contribution in [0.5, 0.6) is 0 Å². The van der Waals surface area contributed by atoms with Crippen LogP contribution < -0.4 is 10.6 Å². The van der Waals surface area contributed by atoms with Gasteiger partial charge in [0, 0.05) is 12.1 Å². The first-order valence-electron chi connectivity index (χ1n) is 6.81. The van der Waals surface area contributed by atoms with Crippen molar-refractivity contribution in [1.82, 2.24) is 5.32 Å². The highest BCUT2D eigenvalue weighted by molar-refractivity contribution is 5.96. The quantitative estimate of drug-likeness (QED) is 0.749. The van der Waals surface area contributed by atoms with Crippen LogP contribution in [-0.2, 0) is 14.3 Å². The molecule has 21 heavy (non-hydrogen) atoms. The van der Waals surface area contributed by atoms with Crippen LogP contribution in [0.25, 0.3) is 0 Å². The standard InChI is InChI=1S/C15H20N2O4/c1-3-4-8-13(18)16-10-14(19)17-12-7-5-6-11(9-12)15(20)21-2/h5-7,9H,3-4,8,10H2,1-2H3,(H,16,18)(H,17,19). The summed E-state index contributed by atoms with van der Waals surface area (Å²) in [5.41, 5.74) is 0.827. The van der Waals surface area contributed by atoms with Gasteiger partial charge in [-0.3, -0.25) is 9.59 Å². The van der Waals surface area contributed by atoms with Crippen molar-refractivity contribution in [2.45, 2.75) is 26.2 Å². The average Bonchev–Trinajstić information content (AvgIpc) is 2.50. The van der Waals surface area contributed by atoms with Crippen LogP contribution in [0, 0.1) is 0 Å². The minimum absolute atomic E-state index is 0.0923. The van der Waals surface area contributed by atoms with Gasteiger partial charge in [0.2, 0.25) is 11.8 Å². The molecule has 114 valence electrons. The van der Waals surface area contributed by atoms with Crippen LogP contribution in [0.3, 0.4) is 0 Å². The molecule has 0 saturated carbocycles. The minimum atomic E-state index is -0.473. The van der Waals surface area contributed by atoms with E-state index in [-0.39, 0.29) is 18.4 Å². The maximum atomic E-state index is 11.7. The number of unbranched alkanes of at least 4 members (excludes halogenated alkanes) is 1. The number of amides is 2. The summed E-state index contributed by atoms with van der Waals surface area (Å²) in [6.45, 7) is 1.90. The lowest BCUT2D eigenvalue weighted by Crippen LogP contribution is -2.32. The minimum Gasteiger partial charge on any atom is -0.465 e. The molecule has 0 aliphatic heterocycles. The average molecular weight is 292 g/mol. The van der Waals surface area contributed by atoms with Gasteiger partial charge in [0.1, 0.15) is 0 Å². The number of methoxy groups -OCH3 is 1. The summed E-state index contributed by atoms with van der Waals surface area (Å²) in [5.74, 6) is -0.962. The maximum Gasteiger partial charge on any atom is 0.337 e. The number of hydrogen-bond donors (Lipinski definition) is 2. The third-order valence-corrected chi connectivity index (χ3v) is 2.77. The zero-order valence-electron chi connectivity index (χ0n) is 12.3. The van der Waals surface area contributed by atoms with E-state index in [1.165, 1.54) is 13.2 Å². The molecule has 0 aliphatic rings. The second-order valence-electron chi connectivity index (χ2n) is 4.50. The Bertz CT molecular complexity index is 514. The van der Waals surface area contributed by atoms with E-state index >= 15 is 0 Å². The molecule has 0 radical (unpaired) electrons. The first-order valence-corrected chi connectivity index (χ1v) is 6.81. The zero-order valence-corrected chi connectivity index (χ0v) is 12.3. The van der Waals surface area contributed by atoms with Crippen LogP contribution in [0.2, 0.25) is 0 Å². The molecule has 6 heteroatoms. The molecule has 0 aromatic heterocycles. The fraction of sp³-hybridized carbons (Fsp3) is 0.400. The summed E-state index contributed by atoms with van der Waals surface area (Å²) in [4.78, 5) is 34.5. The van der Waals surface area contributed by atoms with Crippen molar-refractivity contribution in [2.75, 3.05) is 19.0 Å². The molecule has 1 aromatic rings. The van der Waals surface area contributed by atoms with Crippen molar-refractivity contribution < 1.29 is 19.1 Å². The molecule has 0 spiro atoms. The Morgan fingerprint density at radius 3 is 2.62 bits per heavy atom. The van der Waals surface area contributed by atoms with Gasteiger partial charge in [0.05, 0.1) is 19.2 Å². The van der Waals surface area contributed by atoms with E-state index in [1.807, 2.05) is 6.92 Å². The summed E-state index contributed by atoms with van der Waals surface area (Å²) in [5, 5.41) is 5.15. The van der Waals surface area contributed by atoms with E-state index in [4.69, 9.17) is 0 Å².